The highest BCUT2D eigenvalue weighted by molar-refractivity contribution is 5.76. The van der Waals surface area contributed by atoms with Gasteiger partial charge in [0.2, 0.25) is 11.8 Å². The smallest absolute Gasteiger partial charge is 0.319 e. The lowest BCUT2D eigenvalue weighted by atomic mass is 10.1. The van der Waals surface area contributed by atoms with Crippen LogP contribution in [0.3, 0.4) is 0 Å². The van der Waals surface area contributed by atoms with Crippen molar-refractivity contribution in [3.63, 3.8) is 0 Å². The zero-order valence-corrected chi connectivity index (χ0v) is 36.8. The molecule has 0 aliphatic heterocycles. The number of esters is 2. The van der Waals surface area contributed by atoms with Crippen LogP contribution in [0.15, 0.2) is 0 Å². The molecule has 12 heteroatoms. The van der Waals surface area contributed by atoms with Crippen molar-refractivity contribution in [1.29, 1.82) is 0 Å². The van der Waals surface area contributed by atoms with Gasteiger partial charge in [0.25, 0.3) is 0 Å². The molecule has 12 nitrogen and oxygen atoms in total. The van der Waals surface area contributed by atoms with Crippen molar-refractivity contribution < 1.29 is 28.7 Å². The number of amides is 2. The number of likely N-dealkylation sites (N-methyl/N-ethyl adjacent to an activating group) is 2. The molecule has 330 valence electrons. The standard InChI is InChI=1S/C44H88N6O6/c1-49(2)35-37-55-43(53)39-45-31-25-19-13-9-5-7-11-15-21-27-33-47-41(51)29-23-17-18-24-30-42(52)48-34-28-22-16-12-8-6-10-14-20-26-32-46-40-44(54)56-38-36-50(3)4/h45-46H,5-40H2,1-4H3,(H,47,51)(H,48,52). The van der Waals surface area contributed by atoms with Crippen LogP contribution in [0.5, 0.6) is 0 Å². The van der Waals surface area contributed by atoms with Crippen molar-refractivity contribution in [3.05, 3.63) is 0 Å². The summed E-state index contributed by atoms with van der Waals surface area (Å²) in [4.78, 5) is 51.5. The first-order valence-electron chi connectivity index (χ1n) is 22.8. The number of carbonyl (C=O) groups excluding carboxylic acids is 4. The van der Waals surface area contributed by atoms with E-state index in [1.807, 2.05) is 38.0 Å². The number of unbranched alkanes of at least 4 members (excludes halogenated alkanes) is 21. The maximum atomic E-state index is 12.1. The van der Waals surface area contributed by atoms with E-state index >= 15 is 0 Å². The fourth-order valence-electron chi connectivity index (χ4n) is 6.30. The van der Waals surface area contributed by atoms with E-state index in [4.69, 9.17) is 9.47 Å². The van der Waals surface area contributed by atoms with E-state index in [0.717, 1.165) is 90.6 Å². The third-order valence-corrected chi connectivity index (χ3v) is 9.90. The minimum atomic E-state index is -0.172. The lowest BCUT2D eigenvalue weighted by Gasteiger charge is -2.10. The first kappa shape index (κ1) is 53.7. The summed E-state index contributed by atoms with van der Waals surface area (Å²) in [7, 11) is 7.85. The minimum Gasteiger partial charge on any atom is -0.463 e. The van der Waals surface area contributed by atoms with Gasteiger partial charge in [0, 0.05) is 39.0 Å². The summed E-state index contributed by atoms with van der Waals surface area (Å²) in [5.74, 6) is -0.0283. The Kier molecular flexibility index (Phi) is 40.6. The number of hydrogen-bond acceptors (Lipinski definition) is 10. The molecule has 4 N–H and O–H groups in total. The molecule has 56 heavy (non-hydrogen) atoms. The Labute approximate surface area is 343 Å². The summed E-state index contributed by atoms with van der Waals surface area (Å²) in [5.41, 5.74) is 0. The molecule has 0 saturated carbocycles. The van der Waals surface area contributed by atoms with Crippen LogP contribution in [0.4, 0.5) is 0 Å². The quantitative estimate of drug-likeness (QED) is 0.0387. The minimum absolute atomic E-state index is 0.158. The van der Waals surface area contributed by atoms with E-state index in [9.17, 15) is 19.2 Å². The van der Waals surface area contributed by atoms with Crippen molar-refractivity contribution >= 4 is 23.8 Å². The maximum Gasteiger partial charge on any atom is 0.319 e. The number of nitrogens with zero attached hydrogens (tertiary/aromatic N) is 2. The molecule has 0 saturated heterocycles. The highest BCUT2D eigenvalue weighted by Crippen LogP contribution is 2.12. The van der Waals surface area contributed by atoms with Crippen molar-refractivity contribution in [2.75, 3.05) is 93.8 Å². The van der Waals surface area contributed by atoms with E-state index in [2.05, 4.69) is 21.3 Å². The molecular weight excluding hydrogens is 709 g/mol. The molecule has 0 fully saturated rings. The van der Waals surface area contributed by atoms with Gasteiger partial charge < -0.3 is 40.5 Å². The lowest BCUT2D eigenvalue weighted by molar-refractivity contribution is -0.143. The predicted molar refractivity (Wildman–Crippen MR) is 231 cm³/mol. The third kappa shape index (κ3) is 44.4. The Morgan fingerprint density at radius 1 is 0.375 bits per heavy atom. The Balaban J connectivity index is 3.30. The topological polar surface area (TPSA) is 141 Å². The van der Waals surface area contributed by atoms with Crippen LogP contribution >= 0.6 is 0 Å². The number of carbonyl (C=O) groups is 4. The van der Waals surface area contributed by atoms with Crippen molar-refractivity contribution in [2.45, 2.75) is 167 Å². The van der Waals surface area contributed by atoms with E-state index < -0.39 is 0 Å². The van der Waals surface area contributed by atoms with Crippen molar-refractivity contribution in [1.82, 2.24) is 31.1 Å². The Bertz CT molecular complexity index is 850. The second kappa shape index (κ2) is 42.3. The second-order valence-electron chi connectivity index (χ2n) is 16.1. The Morgan fingerprint density at radius 3 is 0.946 bits per heavy atom. The fraction of sp³-hybridized carbons (Fsp3) is 0.909. The molecule has 0 radical (unpaired) electrons. The summed E-state index contributed by atoms with van der Waals surface area (Å²) < 4.78 is 10.3. The molecule has 0 aromatic rings. The third-order valence-electron chi connectivity index (χ3n) is 9.90. The summed E-state index contributed by atoms with van der Waals surface area (Å²) in [6.07, 6.45) is 29.2. The fourth-order valence-corrected chi connectivity index (χ4v) is 6.30. The van der Waals surface area contributed by atoms with E-state index in [1.165, 1.54) is 103 Å². The van der Waals surface area contributed by atoms with Crippen molar-refractivity contribution in [2.24, 2.45) is 0 Å². The molecule has 0 spiro atoms. The average Bonchev–Trinajstić information content (AvgIpc) is 3.15. The van der Waals surface area contributed by atoms with Gasteiger partial charge in [-0.25, -0.2) is 0 Å². The molecule has 0 aliphatic carbocycles. The second-order valence-corrected chi connectivity index (χ2v) is 16.1. The number of rotatable bonds is 43. The van der Waals surface area contributed by atoms with Gasteiger partial charge in [0.15, 0.2) is 0 Å². The first-order chi connectivity index (χ1) is 27.2. The summed E-state index contributed by atoms with van der Waals surface area (Å²) >= 11 is 0. The van der Waals surface area contributed by atoms with Gasteiger partial charge in [-0.2, -0.15) is 0 Å². The van der Waals surface area contributed by atoms with Gasteiger partial charge >= 0.3 is 11.9 Å². The van der Waals surface area contributed by atoms with Crippen LogP contribution in [0, 0.1) is 0 Å². The van der Waals surface area contributed by atoms with Crippen LogP contribution < -0.4 is 21.3 Å². The molecule has 0 atom stereocenters. The van der Waals surface area contributed by atoms with Crippen LogP contribution in [0.25, 0.3) is 0 Å². The SMILES string of the molecule is CN(C)CCOC(=O)CNCCCCCCCCCCCCNC(=O)CCCCCCC(=O)NCCCCCCCCCCCCNCC(=O)OCCN(C)C. The molecular formula is C44H88N6O6. The van der Waals surface area contributed by atoms with Gasteiger partial charge in [0.05, 0.1) is 13.1 Å². The summed E-state index contributed by atoms with van der Waals surface area (Å²) in [5, 5.41) is 12.5. The largest absolute Gasteiger partial charge is 0.463 e. The summed E-state index contributed by atoms with van der Waals surface area (Å²) in [6.45, 7) is 6.29. The van der Waals surface area contributed by atoms with Crippen LogP contribution in [0.1, 0.15) is 167 Å². The highest BCUT2D eigenvalue weighted by Gasteiger charge is 2.05. The normalized spacial score (nSPS) is 11.3. The first-order valence-corrected chi connectivity index (χ1v) is 22.8. The monoisotopic (exact) mass is 797 g/mol. The zero-order chi connectivity index (χ0) is 41.2. The van der Waals surface area contributed by atoms with Crippen LogP contribution in [0.2, 0.25) is 0 Å². The number of nitrogens with one attached hydrogen (secondary N) is 4. The Morgan fingerprint density at radius 2 is 0.643 bits per heavy atom. The number of ether oxygens (including phenoxy) is 2. The molecule has 2 amide bonds. The van der Waals surface area contributed by atoms with Gasteiger partial charge in [-0.1, -0.05) is 116 Å². The maximum absolute atomic E-state index is 12.1. The zero-order valence-electron chi connectivity index (χ0n) is 36.8. The van der Waals surface area contributed by atoms with Gasteiger partial charge in [-0.3, -0.25) is 19.2 Å². The molecule has 0 aliphatic rings. The average molecular weight is 797 g/mol. The summed E-state index contributed by atoms with van der Waals surface area (Å²) in [6, 6.07) is 0. The number of hydrogen-bond donors (Lipinski definition) is 4. The van der Waals surface area contributed by atoms with Crippen molar-refractivity contribution in [3.8, 4) is 0 Å². The van der Waals surface area contributed by atoms with E-state index in [0.29, 0.717) is 39.1 Å². The highest BCUT2D eigenvalue weighted by atomic mass is 16.5. The molecule has 0 bridgehead atoms. The predicted octanol–water partition coefficient (Wildman–Crippen LogP) is 6.75. The van der Waals surface area contributed by atoms with Gasteiger partial charge in [0.1, 0.15) is 13.2 Å². The lowest BCUT2D eigenvalue weighted by Crippen LogP contribution is -2.28. The van der Waals surface area contributed by atoms with E-state index in [-0.39, 0.29) is 23.8 Å². The van der Waals surface area contributed by atoms with Crippen LogP contribution in [-0.4, -0.2) is 127 Å². The van der Waals surface area contributed by atoms with Crippen LogP contribution in [-0.2, 0) is 28.7 Å². The van der Waals surface area contributed by atoms with E-state index in [1.54, 1.807) is 0 Å². The molecule has 0 unspecified atom stereocenters. The molecule has 0 rings (SSSR count). The molecule has 0 aromatic heterocycles. The Hall–Kier alpha value is -2.28. The molecule has 0 aromatic carbocycles. The van der Waals surface area contributed by atoms with Gasteiger partial charge in [-0.05, 0) is 79.8 Å². The van der Waals surface area contributed by atoms with Gasteiger partial charge in [-0.15, -0.1) is 0 Å². The molecule has 0 heterocycles.